The van der Waals surface area contributed by atoms with Crippen molar-refractivity contribution in [1.82, 2.24) is 14.5 Å². The van der Waals surface area contributed by atoms with Gasteiger partial charge in [0.05, 0.1) is 5.69 Å². The number of nitrogens with one attached hydrogen (secondary N) is 1. The van der Waals surface area contributed by atoms with E-state index in [4.69, 9.17) is 13.9 Å². The van der Waals surface area contributed by atoms with Crippen LogP contribution in [-0.4, -0.2) is 21.8 Å². The number of hydrogen-bond acceptors (Lipinski definition) is 6. The first-order valence-electron chi connectivity index (χ1n) is 11.1. The lowest BCUT2D eigenvalue weighted by atomic mass is 10.2. The number of aromatic nitrogens is 2. The van der Waals surface area contributed by atoms with Gasteiger partial charge in [0.1, 0.15) is 23.5 Å². The van der Waals surface area contributed by atoms with Gasteiger partial charge in [0.25, 0.3) is 0 Å². The smallest absolute Gasteiger partial charge is 0.336 e. The molecule has 9 nitrogen and oxygen atoms in total. The maximum Gasteiger partial charge on any atom is 0.336 e. The Kier molecular flexibility index (Phi) is 5.06. The minimum atomic E-state index is -0.746. The highest BCUT2D eigenvalue weighted by atomic mass is 19.1. The van der Waals surface area contributed by atoms with Gasteiger partial charge in [0.2, 0.25) is 18.3 Å². The number of carbonyl (C=O) groups is 1. The third-order valence-electron chi connectivity index (χ3n) is 5.97. The molecule has 6 rings (SSSR count). The second kappa shape index (κ2) is 8.42. The molecular formula is C26H18FN3O6. The van der Waals surface area contributed by atoms with E-state index in [0.717, 1.165) is 22.3 Å². The number of amides is 1. The largest absolute Gasteiger partial charge is 0.454 e. The van der Waals surface area contributed by atoms with Crippen LogP contribution in [-0.2, 0) is 17.9 Å². The summed E-state index contributed by atoms with van der Waals surface area (Å²) in [4.78, 5) is 39.8. The molecule has 2 aromatic heterocycles. The van der Waals surface area contributed by atoms with Crippen LogP contribution in [0.2, 0.25) is 0 Å². The summed E-state index contributed by atoms with van der Waals surface area (Å²) in [6, 6.07) is 17.1. The highest BCUT2D eigenvalue weighted by Crippen LogP contribution is 2.32. The average Bonchev–Trinajstić information content (AvgIpc) is 3.51. The summed E-state index contributed by atoms with van der Waals surface area (Å²) in [5, 5.41) is 3.31. The van der Waals surface area contributed by atoms with Gasteiger partial charge in [0.15, 0.2) is 11.5 Å². The van der Waals surface area contributed by atoms with Crippen LogP contribution in [0.1, 0.15) is 5.56 Å². The number of rotatable bonds is 5. The van der Waals surface area contributed by atoms with E-state index < -0.39 is 23.0 Å². The van der Waals surface area contributed by atoms with E-state index in [9.17, 15) is 18.8 Å². The maximum atomic E-state index is 13.5. The summed E-state index contributed by atoms with van der Waals surface area (Å²) in [7, 11) is 0. The second-order valence-corrected chi connectivity index (χ2v) is 8.23. The second-order valence-electron chi connectivity index (χ2n) is 8.23. The van der Waals surface area contributed by atoms with Crippen molar-refractivity contribution in [3.63, 3.8) is 0 Å². The van der Waals surface area contributed by atoms with E-state index in [1.807, 2.05) is 0 Å². The van der Waals surface area contributed by atoms with E-state index in [-0.39, 0.29) is 36.7 Å². The highest BCUT2D eigenvalue weighted by molar-refractivity contribution is 6.02. The highest BCUT2D eigenvalue weighted by Gasteiger charge is 2.22. The number of para-hydroxylation sites is 1. The van der Waals surface area contributed by atoms with Gasteiger partial charge in [-0.15, -0.1) is 0 Å². The fourth-order valence-corrected chi connectivity index (χ4v) is 4.27. The number of fused-ring (bicyclic) bond motifs is 4. The van der Waals surface area contributed by atoms with Gasteiger partial charge in [-0.1, -0.05) is 18.2 Å². The monoisotopic (exact) mass is 487 g/mol. The van der Waals surface area contributed by atoms with Gasteiger partial charge in [-0.25, -0.2) is 13.8 Å². The third-order valence-corrected chi connectivity index (χ3v) is 5.97. The zero-order chi connectivity index (χ0) is 24.8. The molecule has 0 fully saturated rings. The Morgan fingerprint density at radius 3 is 2.58 bits per heavy atom. The average molecular weight is 487 g/mol. The number of carbonyl (C=O) groups excluding carboxylic acids is 1. The molecule has 1 amide bonds. The lowest BCUT2D eigenvalue weighted by Gasteiger charge is -2.12. The van der Waals surface area contributed by atoms with Gasteiger partial charge >= 0.3 is 11.2 Å². The van der Waals surface area contributed by atoms with Crippen LogP contribution in [0.25, 0.3) is 27.8 Å². The molecule has 0 aliphatic carbocycles. The Morgan fingerprint density at radius 2 is 1.75 bits per heavy atom. The quantitative estimate of drug-likeness (QED) is 0.409. The number of benzene rings is 3. The van der Waals surface area contributed by atoms with Crippen molar-refractivity contribution < 1.29 is 23.1 Å². The molecule has 36 heavy (non-hydrogen) atoms. The molecule has 1 aliphatic heterocycles. The summed E-state index contributed by atoms with van der Waals surface area (Å²) in [5.41, 5.74) is 0.0355. The van der Waals surface area contributed by atoms with Crippen LogP contribution >= 0.6 is 0 Å². The van der Waals surface area contributed by atoms with Crippen LogP contribution in [0.3, 0.4) is 0 Å². The predicted molar refractivity (Wildman–Crippen MR) is 128 cm³/mol. The fourth-order valence-electron chi connectivity index (χ4n) is 4.27. The van der Waals surface area contributed by atoms with Gasteiger partial charge in [-0.2, -0.15) is 0 Å². The van der Waals surface area contributed by atoms with Crippen molar-refractivity contribution in [2.24, 2.45) is 0 Å². The molecule has 180 valence electrons. The van der Waals surface area contributed by atoms with Crippen molar-refractivity contribution in [3.05, 3.63) is 98.9 Å². The molecule has 5 aromatic rings. The zero-order valence-electron chi connectivity index (χ0n) is 18.7. The Bertz CT molecular complexity index is 1770. The number of furan rings is 1. The Morgan fingerprint density at radius 1 is 0.972 bits per heavy atom. The van der Waals surface area contributed by atoms with Crippen LogP contribution in [0.5, 0.6) is 11.5 Å². The standard InChI is InChI=1S/C26H18FN3O6/c27-16-6-8-17(9-7-16)30-25(32)24-23(18-3-1-2-4-19(18)36-24)29(26(30)33)13-22(31)28-12-15-5-10-20-21(11-15)35-14-34-20/h1-11H,12-14H2,(H,28,31). The molecule has 0 spiro atoms. The maximum absolute atomic E-state index is 13.5. The van der Waals surface area contributed by atoms with E-state index in [1.165, 1.54) is 16.7 Å². The molecule has 0 saturated carbocycles. The summed E-state index contributed by atoms with van der Waals surface area (Å²) >= 11 is 0. The molecule has 3 heterocycles. The minimum Gasteiger partial charge on any atom is -0.454 e. The zero-order valence-corrected chi connectivity index (χ0v) is 18.7. The first kappa shape index (κ1) is 21.7. The number of ether oxygens (including phenoxy) is 2. The van der Waals surface area contributed by atoms with Crippen molar-refractivity contribution in [1.29, 1.82) is 0 Å². The molecule has 0 bridgehead atoms. The van der Waals surface area contributed by atoms with E-state index in [2.05, 4.69) is 5.32 Å². The minimum absolute atomic E-state index is 0.0799. The summed E-state index contributed by atoms with van der Waals surface area (Å²) < 4.78 is 32.0. The van der Waals surface area contributed by atoms with Crippen molar-refractivity contribution in [3.8, 4) is 17.2 Å². The SMILES string of the molecule is O=C(Cn1c(=O)n(-c2ccc(F)cc2)c(=O)c2oc3ccccc3c21)NCc1ccc2c(c1)OCO2. The van der Waals surface area contributed by atoms with E-state index >= 15 is 0 Å². The molecule has 0 radical (unpaired) electrons. The summed E-state index contributed by atoms with van der Waals surface area (Å²) in [6.07, 6.45) is 0. The Balaban J connectivity index is 1.41. The molecule has 0 unspecified atom stereocenters. The number of hydrogen-bond donors (Lipinski definition) is 1. The molecule has 1 aliphatic rings. The van der Waals surface area contributed by atoms with Gasteiger partial charge in [-0.05, 0) is 54.1 Å². The number of halogens is 1. The topological polar surface area (TPSA) is 105 Å². The molecule has 0 atom stereocenters. The van der Waals surface area contributed by atoms with Gasteiger partial charge in [-0.3, -0.25) is 14.2 Å². The summed E-state index contributed by atoms with van der Waals surface area (Å²) in [6.45, 7) is -0.0333. The predicted octanol–water partition coefficient (Wildman–Crippen LogP) is 3.08. The third kappa shape index (κ3) is 3.59. The van der Waals surface area contributed by atoms with Crippen LogP contribution in [0, 0.1) is 5.82 Å². The van der Waals surface area contributed by atoms with E-state index in [0.29, 0.717) is 22.5 Å². The Labute approximate surface area is 201 Å². The van der Waals surface area contributed by atoms with Crippen molar-refractivity contribution in [2.45, 2.75) is 13.1 Å². The van der Waals surface area contributed by atoms with Crippen molar-refractivity contribution >= 4 is 28.0 Å². The van der Waals surface area contributed by atoms with Gasteiger partial charge < -0.3 is 19.2 Å². The molecule has 1 N–H and O–H groups in total. The first-order valence-corrected chi connectivity index (χ1v) is 11.1. The molecular weight excluding hydrogens is 469 g/mol. The van der Waals surface area contributed by atoms with Crippen LogP contribution < -0.4 is 26.0 Å². The lowest BCUT2D eigenvalue weighted by Crippen LogP contribution is -2.41. The number of nitrogens with zero attached hydrogens (tertiary/aromatic N) is 2. The molecule has 10 heteroatoms. The lowest BCUT2D eigenvalue weighted by molar-refractivity contribution is -0.121. The van der Waals surface area contributed by atoms with Crippen LogP contribution in [0.4, 0.5) is 4.39 Å². The normalized spacial score (nSPS) is 12.4. The molecule has 0 saturated heterocycles. The summed E-state index contributed by atoms with van der Waals surface area (Å²) in [5.74, 6) is 0.260. The van der Waals surface area contributed by atoms with E-state index in [1.54, 1.807) is 42.5 Å². The fraction of sp³-hybridized carbons (Fsp3) is 0.115. The first-order chi connectivity index (χ1) is 17.5. The molecule has 3 aromatic carbocycles. The van der Waals surface area contributed by atoms with Crippen molar-refractivity contribution in [2.75, 3.05) is 6.79 Å². The van der Waals surface area contributed by atoms with Gasteiger partial charge in [0, 0.05) is 11.9 Å². The Hall–Kier alpha value is -4.86. The van der Waals surface area contributed by atoms with Crippen LogP contribution in [0.15, 0.2) is 80.7 Å².